The second-order valence-electron chi connectivity index (χ2n) is 4.16. The van der Waals surface area contributed by atoms with E-state index in [-0.39, 0.29) is 0 Å². The van der Waals surface area contributed by atoms with Crippen LogP contribution in [0, 0.1) is 0 Å². The second kappa shape index (κ2) is 7.19. The molecule has 0 aromatic heterocycles. The Morgan fingerprint density at radius 2 is 1.69 bits per heavy atom. The van der Waals surface area contributed by atoms with Crippen molar-refractivity contribution in [1.82, 2.24) is 0 Å². The summed E-state index contributed by atoms with van der Waals surface area (Å²) in [4.78, 5) is 0. The van der Waals surface area contributed by atoms with E-state index in [9.17, 15) is 10.2 Å². The number of ether oxygens (including phenoxy) is 2. The highest BCUT2D eigenvalue weighted by atomic mass is 16.8. The predicted molar refractivity (Wildman–Crippen MR) is 57.6 cm³/mol. The van der Waals surface area contributed by atoms with Gasteiger partial charge in [0.2, 0.25) is 0 Å². The van der Waals surface area contributed by atoms with Gasteiger partial charge in [0, 0.05) is 6.61 Å². The first kappa shape index (κ1) is 13.9. The zero-order chi connectivity index (χ0) is 12.0. The number of aliphatic hydroxyl groups excluding tert-OH is 3. The number of unbranched alkanes of at least 4 members (excludes halogenated alkanes) is 4. The lowest BCUT2D eigenvalue weighted by atomic mass is 10.2. The Morgan fingerprint density at radius 1 is 1.00 bits per heavy atom. The fraction of sp³-hybridized carbons (Fsp3) is 1.00. The van der Waals surface area contributed by atoms with Crippen LogP contribution in [0.3, 0.4) is 0 Å². The Balaban J connectivity index is 2.05. The Bertz CT molecular complexity index is 187. The van der Waals surface area contributed by atoms with Crippen molar-refractivity contribution in [3.05, 3.63) is 0 Å². The zero-order valence-electron chi connectivity index (χ0n) is 9.71. The first-order valence-electron chi connectivity index (χ1n) is 5.98. The molecule has 1 rings (SSSR count). The molecule has 16 heavy (non-hydrogen) atoms. The van der Waals surface area contributed by atoms with Gasteiger partial charge >= 0.3 is 0 Å². The molecule has 1 aliphatic rings. The summed E-state index contributed by atoms with van der Waals surface area (Å²) >= 11 is 0. The molecule has 1 aliphatic heterocycles. The Labute approximate surface area is 96.0 Å². The highest BCUT2D eigenvalue weighted by Gasteiger charge is 2.42. The fourth-order valence-electron chi connectivity index (χ4n) is 1.67. The van der Waals surface area contributed by atoms with Crippen LogP contribution < -0.4 is 0 Å². The third kappa shape index (κ3) is 3.99. The molecule has 5 heteroatoms. The number of hydrogen-bond donors (Lipinski definition) is 3. The minimum absolute atomic E-state index is 0.477. The van der Waals surface area contributed by atoms with Crippen molar-refractivity contribution >= 4 is 0 Å². The van der Waals surface area contributed by atoms with Gasteiger partial charge < -0.3 is 24.8 Å². The Kier molecular flexibility index (Phi) is 6.23. The molecule has 0 radical (unpaired) electrons. The lowest BCUT2D eigenvalue weighted by molar-refractivity contribution is -0.205. The summed E-state index contributed by atoms with van der Waals surface area (Å²) in [7, 11) is 0. The van der Waals surface area contributed by atoms with Gasteiger partial charge in [0.05, 0.1) is 0 Å². The molecule has 3 N–H and O–H groups in total. The summed E-state index contributed by atoms with van der Waals surface area (Å²) in [6.07, 6.45) is 0.899. The molecular weight excluding hydrogens is 212 g/mol. The molecule has 1 fully saturated rings. The van der Waals surface area contributed by atoms with E-state index < -0.39 is 24.8 Å². The van der Waals surface area contributed by atoms with E-state index in [1.165, 1.54) is 19.3 Å². The van der Waals surface area contributed by atoms with Crippen molar-refractivity contribution in [2.75, 3.05) is 6.61 Å². The van der Waals surface area contributed by atoms with Crippen LogP contribution in [0.1, 0.15) is 39.0 Å². The predicted octanol–water partition coefficient (Wildman–Crippen LogP) is 0.370. The average Bonchev–Trinajstić information content (AvgIpc) is 2.51. The molecule has 1 heterocycles. The van der Waals surface area contributed by atoms with Crippen molar-refractivity contribution in [3.8, 4) is 0 Å². The third-order valence-corrected chi connectivity index (χ3v) is 2.72. The van der Waals surface area contributed by atoms with Crippen LogP contribution in [-0.4, -0.2) is 46.7 Å². The van der Waals surface area contributed by atoms with Gasteiger partial charge in [-0.2, -0.15) is 0 Å². The molecule has 0 amide bonds. The molecular formula is C11H22O5. The minimum Gasteiger partial charge on any atom is -0.385 e. The lowest BCUT2D eigenvalue weighted by Crippen LogP contribution is -2.33. The maximum Gasteiger partial charge on any atom is 0.189 e. The number of rotatable bonds is 7. The van der Waals surface area contributed by atoms with Crippen LogP contribution >= 0.6 is 0 Å². The van der Waals surface area contributed by atoms with E-state index in [2.05, 4.69) is 6.92 Å². The molecule has 0 bridgehead atoms. The van der Waals surface area contributed by atoms with Gasteiger partial charge in [-0.3, -0.25) is 0 Å². The summed E-state index contributed by atoms with van der Waals surface area (Å²) < 4.78 is 10.1. The summed E-state index contributed by atoms with van der Waals surface area (Å²) in [6, 6.07) is 0. The smallest absolute Gasteiger partial charge is 0.189 e. The molecule has 0 aliphatic carbocycles. The van der Waals surface area contributed by atoms with Crippen molar-refractivity contribution in [2.45, 2.75) is 63.8 Å². The second-order valence-corrected chi connectivity index (χ2v) is 4.16. The molecule has 5 nitrogen and oxygen atoms in total. The van der Waals surface area contributed by atoms with Crippen molar-refractivity contribution in [2.24, 2.45) is 0 Å². The van der Waals surface area contributed by atoms with E-state index in [0.29, 0.717) is 6.61 Å². The summed E-state index contributed by atoms with van der Waals surface area (Å²) in [5.74, 6) is 0. The Hall–Kier alpha value is -0.200. The minimum atomic E-state index is -1.35. The fourth-order valence-corrected chi connectivity index (χ4v) is 1.67. The van der Waals surface area contributed by atoms with Crippen LogP contribution in [0.25, 0.3) is 0 Å². The summed E-state index contributed by atoms with van der Waals surface area (Å²) in [6.45, 7) is 2.63. The van der Waals surface area contributed by atoms with E-state index in [4.69, 9.17) is 14.6 Å². The molecule has 4 unspecified atom stereocenters. The van der Waals surface area contributed by atoms with Gasteiger partial charge in [0.15, 0.2) is 12.6 Å². The van der Waals surface area contributed by atoms with E-state index in [1.807, 2.05) is 0 Å². The van der Waals surface area contributed by atoms with E-state index in [1.54, 1.807) is 0 Å². The van der Waals surface area contributed by atoms with E-state index >= 15 is 0 Å². The maximum absolute atomic E-state index is 9.41. The first-order valence-corrected chi connectivity index (χ1v) is 5.98. The lowest BCUT2D eigenvalue weighted by Gasteiger charge is -2.14. The van der Waals surface area contributed by atoms with Crippen LogP contribution in [0.5, 0.6) is 0 Å². The summed E-state index contributed by atoms with van der Waals surface area (Å²) in [5, 5.41) is 27.7. The molecule has 0 aromatic rings. The first-order chi connectivity index (χ1) is 7.66. The molecule has 4 atom stereocenters. The van der Waals surface area contributed by atoms with Gasteiger partial charge in [-0.15, -0.1) is 0 Å². The molecule has 1 saturated heterocycles. The van der Waals surface area contributed by atoms with Crippen LogP contribution in [0.15, 0.2) is 0 Å². The topological polar surface area (TPSA) is 79.2 Å². The van der Waals surface area contributed by atoms with Crippen LogP contribution in [0.4, 0.5) is 0 Å². The molecule has 96 valence electrons. The molecule has 0 aromatic carbocycles. The highest BCUT2D eigenvalue weighted by molar-refractivity contribution is 4.80. The number of hydrogen-bond acceptors (Lipinski definition) is 5. The van der Waals surface area contributed by atoms with Crippen molar-refractivity contribution in [3.63, 3.8) is 0 Å². The average molecular weight is 234 g/mol. The maximum atomic E-state index is 9.41. The monoisotopic (exact) mass is 234 g/mol. The quantitative estimate of drug-likeness (QED) is 0.555. The van der Waals surface area contributed by atoms with E-state index in [0.717, 1.165) is 12.8 Å². The Morgan fingerprint density at radius 3 is 2.25 bits per heavy atom. The highest BCUT2D eigenvalue weighted by Crippen LogP contribution is 2.20. The number of aliphatic hydroxyl groups is 3. The SMILES string of the molecule is CCCCCCCOC1OC(O)C(O)C1O. The van der Waals surface area contributed by atoms with Crippen molar-refractivity contribution in [1.29, 1.82) is 0 Å². The van der Waals surface area contributed by atoms with Gasteiger partial charge in [-0.25, -0.2) is 0 Å². The third-order valence-electron chi connectivity index (χ3n) is 2.72. The summed E-state index contributed by atoms with van der Waals surface area (Å²) in [5.41, 5.74) is 0. The van der Waals surface area contributed by atoms with Crippen molar-refractivity contribution < 1.29 is 24.8 Å². The normalized spacial score (nSPS) is 34.5. The van der Waals surface area contributed by atoms with Gasteiger partial charge in [0.25, 0.3) is 0 Å². The molecule has 0 spiro atoms. The standard InChI is InChI=1S/C11H22O5/c1-2-3-4-5-6-7-15-11-9(13)8(12)10(14)16-11/h8-14H,2-7H2,1H3. The van der Waals surface area contributed by atoms with Crippen LogP contribution in [0.2, 0.25) is 0 Å². The zero-order valence-corrected chi connectivity index (χ0v) is 9.71. The molecule has 0 saturated carbocycles. The van der Waals surface area contributed by atoms with Gasteiger partial charge in [-0.05, 0) is 6.42 Å². The van der Waals surface area contributed by atoms with Gasteiger partial charge in [-0.1, -0.05) is 32.6 Å². The largest absolute Gasteiger partial charge is 0.385 e. The van der Waals surface area contributed by atoms with Gasteiger partial charge in [0.1, 0.15) is 12.2 Å². The van der Waals surface area contributed by atoms with Crippen LogP contribution in [-0.2, 0) is 9.47 Å².